The molecule has 0 N–H and O–H groups in total. The molecule has 0 bridgehead atoms. The van der Waals surface area contributed by atoms with E-state index in [1.807, 2.05) is 6.08 Å². The summed E-state index contributed by atoms with van der Waals surface area (Å²) in [4.78, 5) is 0. The van der Waals surface area contributed by atoms with Crippen LogP contribution in [0.25, 0.3) is 6.08 Å². The smallest absolute Gasteiger partial charge is 0.321 e. The van der Waals surface area contributed by atoms with Crippen molar-refractivity contribution in [1.29, 1.82) is 0 Å². The first-order chi connectivity index (χ1) is 7.71. The minimum Gasteiger partial charge on any atom is -0.400 e. The molecule has 1 rings (SSSR count). The molecule has 3 heteroatoms. The molecule has 0 heterocycles. The second-order valence-electron chi connectivity index (χ2n) is 3.91. The third-order valence-corrected chi connectivity index (χ3v) is 4.93. The van der Waals surface area contributed by atoms with Crippen molar-refractivity contribution in [2.75, 3.05) is 14.2 Å². The van der Waals surface area contributed by atoms with E-state index in [2.05, 4.69) is 37.8 Å². The van der Waals surface area contributed by atoms with E-state index in [1.165, 1.54) is 5.56 Å². The summed E-state index contributed by atoms with van der Waals surface area (Å²) < 4.78 is 10.7. The summed E-state index contributed by atoms with van der Waals surface area (Å²) in [6.45, 7) is 5.99. The largest absolute Gasteiger partial charge is 0.400 e. The molecule has 1 atom stereocenters. The van der Waals surface area contributed by atoms with Gasteiger partial charge >= 0.3 is 9.28 Å². The van der Waals surface area contributed by atoms with Crippen LogP contribution in [0.3, 0.4) is 0 Å². The zero-order chi connectivity index (χ0) is 12.0. The van der Waals surface area contributed by atoms with Gasteiger partial charge in [0, 0.05) is 14.2 Å². The third kappa shape index (κ3) is 3.59. The van der Waals surface area contributed by atoms with Crippen molar-refractivity contribution < 1.29 is 8.85 Å². The molecule has 16 heavy (non-hydrogen) atoms. The summed E-state index contributed by atoms with van der Waals surface area (Å²) >= 11 is 0. The Balaban J connectivity index is 2.71. The van der Waals surface area contributed by atoms with Crippen molar-refractivity contribution in [3.8, 4) is 0 Å². The van der Waals surface area contributed by atoms with Crippen LogP contribution in [-0.2, 0) is 8.85 Å². The van der Waals surface area contributed by atoms with Crippen LogP contribution in [0.15, 0.2) is 30.8 Å². The average Bonchev–Trinajstić information content (AvgIpc) is 2.35. The van der Waals surface area contributed by atoms with E-state index in [1.54, 1.807) is 14.2 Å². The van der Waals surface area contributed by atoms with E-state index < -0.39 is 9.28 Å². The van der Waals surface area contributed by atoms with E-state index in [0.717, 1.165) is 11.6 Å². The van der Waals surface area contributed by atoms with Crippen LogP contribution in [0.2, 0.25) is 6.04 Å². The zero-order valence-corrected chi connectivity index (χ0v) is 11.4. The van der Waals surface area contributed by atoms with Crippen LogP contribution >= 0.6 is 0 Å². The van der Waals surface area contributed by atoms with Gasteiger partial charge in [-0.05, 0) is 23.1 Å². The quantitative estimate of drug-likeness (QED) is 0.707. The molecule has 0 radical (unpaired) electrons. The molecule has 0 aliphatic heterocycles. The molecule has 0 fully saturated rings. The monoisotopic (exact) mass is 236 g/mol. The summed E-state index contributed by atoms with van der Waals surface area (Å²) in [5.74, 6) is 0.469. The average molecular weight is 236 g/mol. The first-order valence-corrected chi connectivity index (χ1v) is 7.25. The van der Waals surface area contributed by atoms with Gasteiger partial charge in [-0.15, -0.1) is 0 Å². The van der Waals surface area contributed by atoms with Crippen molar-refractivity contribution in [1.82, 2.24) is 0 Å². The lowest BCUT2D eigenvalue weighted by atomic mass is 10.0. The fraction of sp³-hybridized carbons (Fsp3) is 0.385. The normalized spacial score (nSPS) is 12.8. The van der Waals surface area contributed by atoms with E-state index in [0.29, 0.717) is 5.92 Å². The predicted molar refractivity (Wildman–Crippen MR) is 70.9 cm³/mol. The Hall–Kier alpha value is -0.903. The van der Waals surface area contributed by atoms with Crippen LogP contribution < -0.4 is 0 Å². The minimum absolute atomic E-state index is 0.469. The first kappa shape index (κ1) is 13.2. The van der Waals surface area contributed by atoms with Gasteiger partial charge in [0.2, 0.25) is 0 Å². The Labute approximate surface area is 99.7 Å². The summed E-state index contributed by atoms with van der Waals surface area (Å²) in [5, 5.41) is 0. The van der Waals surface area contributed by atoms with Gasteiger partial charge in [-0.2, -0.15) is 0 Å². The molecule has 0 saturated carbocycles. The molecule has 0 aliphatic carbocycles. The molecule has 0 aromatic heterocycles. The van der Waals surface area contributed by atoms with Crippen LogP contribution in [0.4, 0.5) is 0 Å². The van der Waals surface area contributed by atoms with Crippen molar-refractivity contribution in [2.45, 2.75) is 18.9 Å². The zero-order valence-electron chi connectivity index (χ0n) is 10.3. The van der Waals surface area contributed by atoms with Gasteiger partial charge in [0.15, 0.2) is 0 Å². The van der Waals surface area contributed by atoms with Crippen molar-refractivity contribution in [3.05, 3.63) is 42.0 Å². The van der Waals surface area contributed by atoms with E-state index >= 15 is 0 Å². The van der Waals surface area contributed by atoms with Gasteiger partial charge in [-0.25, -0.2) is 0 Å². The number of rotatable bonds is 6. The molecule has 0 amide bonds. The standard InChI is InChI=1S/C13H20O2Si/c1-5-12-7-6-8-13(9-12)11(2)10-16(14-3)15-4/h5-9,11,16H,1,10H2,2-4H3. The van der Waals surface area contributed by atoms with Crippen LogP contribution in [-0.4, -0.2) is 23.5 Å². The first-order valence-electron chi connectivity index (χ1n) is 5.49. The highest BCUT2D eigenvalue weighted by Gasteiger charge is 2.16. The van der Waals surface area contributed by atoms with Gasteiger partial charge in [-0.3, -0.25) is 0 Å². The Bertz CT molecular complexity index is 334. The minimum atomic E-state index is -1.47. The Kier molecular flexibility index (Phi) is 5.45. The summed E-state index contributed by atoms with van der Waals surface area (Å²) in [6, 6.07) is 9.44. The Morgan fingerprint density at radius 2 is 2.06 bits per heavy atom. The molecule has 88 valence electrons. The summed E-state index contributed by atoms with van der Waals surface area (Å²) in [7, 11) is 1.99. The third-order valence-electron chi connectivity index (χ3n) is 2.79. The highest BCUT2D eigenvalue weighted by Crippen LogP contribution is 2.22. The molecule has 1 aromatic rings. The molecular weight excluding hydrogens is 216 g/mol. The van der Waals surface area contributed by atoms with E-state index in [-0.39, 0.29) is 0 Å². The highest BCUT2D eigenvalue weighted by atomic mass is 28.3. The lowest BCUT2D eigenvalue weighted by Crippen LogP contribution is -2.21. The number of hydrogen-bond acceptors (Lipinski definition) is 2. The number of benzene rings is 1. The molecule has 0 spiro atoms. The fourth-order valence-corrected chi connectivity index (χ4v) is 3.13. The molecule has 1 aromatic carbocycles. The number of hydrogen-bond donors (Lipinski definition) is 0. The lowest BCUT2D eigenvalue weighted by Gasteiger charge is -2.17. The molecule has 0 aliphatic rings. The van der Waals surface area contributed by atoms with Crippen molar-refractivity contribution in [3.63, 3.8) is 0 Å². The van der Waals surface area contributed by atoms with Crippen molar-refractivity contribution in [2.24, 2.45) is 0 Å². The van der Waals surface area contributed by atoms with E-state index in [9.17, 15) is 0 Å². The highest BCUT2D eigenvalue weighted by molar-refractivity contribution is 6.44. The topological polar surface area (TPSA) is 18.5 Å². The van der Waals surface area contributed by atoms with Gasteiger partial charge in [0.25, 0.3) is 0 Å². The Morgan fingerprint density at radius 3 is 2.62 bits per heavy atom. The lowest BCUT2D eigenvalue weighted by molar-refractivity contribution is 0.275. The van der Waals surface area contributed by atoms with Gasteiger partial charge in [-0.1, -0.05) is 43.8 Å². The maximum atomic E-state index is 5.34. The maximum Gasteiger partial charge on any atom is 0.321 e. The summed E-state index contributed by atoms with van der Waals surface area (Å²) in [5.41, 5.74) is 2.49. The summed E-state index contributed by atoms with van der Waals surface area (Å²) in [6.07, 6.45) is 1.87. The van der Waals surface area contributed by atoms with Gasteiger partial charge in [0.1, 0.15) is 0 Å². The molecule has 2 nitrogen and oxygen atoms in total. The Morgan fingerprint density at radius 1 is 1.38 bits per heavy atom. The maximum absolute atomic E-state index is 5.34. The van der Waals surface area contributed by atoms with Crippen LogP contribution in [0.5, 0.6) is 0 Å². The van der Waals surface area contributed by atoms with Crippen molar-refractivity contribution >= 4 is 15.4 Å². The van der Waals surface area contributed by atoms with Gasteiger partial charge in [0.05, 0.1) is 0 Å². The molecular formula is C13H20O2Si. The van der Waals surface area contributed by atoms with Crippen LogP contribution in [0.1, 0.15) is 24.0 Å². The molecule has 0 saturated heterocycles. The second-order valence-corrected chi connectivity index (χ2v) is 6.19. The van der Waals surface area contributed by atoms with E-state index in [4.69, 9.17) is 8.85 Å². The SMILES string of the molecule is C=Cc1cccc(C(C)C[SiH](OC)OC)c1. The van der Waals surface area contributed by atoms with Crippen LogP contribution in [0, 0.1) is 0 Å². The van der Waals surface area contributed by atoms with Gasteiger partial charge < -0.3 is 8.85 Å². The molecule has 1 unspecified atom stereocenters. The fourth-order valence-electron chi connectivity index (χ4n) is 1.71. The second kappa shape index (κ2) is 6.63. The predicted octanol–water partition coefficient (Wildman–Crippen LogP) is 2.95.